The Labute approximate surface area is 171 Å². The minimum atomic E-state index is 0.240. The molecule has 0 aromatic rings. The third-order valence-electron chi connectivity index (χ3n) is 7.91. The highest BCUT2D eigenvalue weighted by Crippen LogP contribution is 2.49. The lowest BCUT2D eigenvalue weighted by Crippen LogP contribution is -2.49. The van der Waals surface area contributed by atoms with Gasteiger partial charge in [-0.25, -0.2) is 0 Å². The molecule has 0 spiro atoms. The molecule has 2 aliphatic heterocycles. The first-order chi connectivity index (χ1) is 13.5. The van der Waals surface area contributed by atoms with Gasteiger partial charge in [0.1, 0.15) is 0 Å². The summed E-state index contributed by atoms with van der Waals surface area (Å²) in [6.07, 6.45) is 8.72. The molecule has 0 aromatic heterocycles. The number of hydrogen-bond acceptors (Lipinski definition) is 4. The molecule has 5 nitrogen and oxygen atoms in total. The van der Waals surface area contributed by atoms with Crippen molar-refractivity contribution in [2.45, 2.75) is 77.5 Å². The number of ether oxygens (including phenoxy) is 1. The van der Waals surface area contributed by atoms with E-state index >= 15 is 0 Å². The maximum atomic E-state index is 12.6. The molecule has 2 heterocycles. The van der Waals surface area contributed by atoms with E-state index in [1.165, 1.54) is 45.1 Å². The van der Waals surface area contributed by atoms with E-state index in [2.05, 4.69) is 35.9 Å². The van der Waals surface area contributed by atoms with Crippen LogP contribution in [-0.4, -0.2) is 73.2 Å². The summed E-state index contributed by atoms with van der Waals surface area (Å²) >= 11 is 0. The van der Waals surface area contributed by atoms with E-state index in [1.807, 2.05) is 0 Å². The Hall–Kier alpha value is -0.650. The first-order valence-corrected chi connectivity index (χ1v) is 11.9. The maximum absolute atomic E-state index is 12.6. The fourth-order valence-electron chi connectivity index (χ4n) is 6.64. The molecule has 5 heteroatoms. The van der Waals surface area contributed by atoms with Gasteiger partial charge in [-0.3, -0.25) is 14.6 Å². The molecule has 1 N–H and O–H groups in total. The second-order valence-corrected chi connectivity index (χ2v) is 10.4. The van der Waals surface area contributed by atoms with Gasteiger partial charge < -0.3 is 10.1 Å². The van der Waals surface area contributed by atoms with Crippen molar-refractivity contribution >= 4 is 5.91 Å². The number of piperidine rings is 1. The maximum Gasteiger partial charge on any atom is 0.234 e. The molecule has 6 atom stereocenters. The Morgan fingerprint density at radius 2 is 1.75 bits per heavy atom. The number of carbonyl (C=O) groups is 1. The van der Waals surface area contributed by atoms with E-state index in [1.54, 1.807) is 0 Å². The Balaban J connectivity index is 1.15. The highest BCUT2D eigenvalue weighted by atomic mass is 16.5. The number of nitrogens with one attached hydrogen (secondary N) is 1. The largest absolute Gasteiger partial charge is 0.373 e. The summed E-state index contributed by atoms with van der Waals surface area (Å²) in [5, 5.41) is 3.34. The van der Waals surface area contributed by atoms with Crippen LogP contribution in [0.5, 0.6) is 0 Å². The number of amides is 1. The molecule has 2 bridgehead atoms. The number of hydrogen-bond donors (Lipinski definition) is 1. The minimum absolute atomic E-state index is 0.240. The van der Waals surface area contributed by atoms with Crippen LogP contribution in [0.25, 0.3) is 0 Å². The van der Waals surface area contributed by atoms with Crippen LogP contribution in [0.1, 0.15) is 59.3 Å². The summed E-state index contributed by atoms with van der Waals surface area (Å²) in [6.45, 7) is 12.6. The summed E-state index contributed by atoms with van der Waals surface area (Å²) in [7, 11) is 0. The molecule has 28 heavy (non-hydrogen) atoms. The van der Waals surface area contributed by atoms with Crippen molar-refractivity contribution in [2.24, 2.45) is 23.7 Å². The SMILES string of the molecule is C[C@@H]1CN(CC2CCN(CC(=O)N[C@H](C)[C@@H]3C[C@H]4CC[C@H]3C4)CC2)C[C@H](C)O1. The molecule has 1 amide bonds. The van der Waals surface area contributed by atoms with Gasteiger partial charge in [0.05, 0.1) is 18.8 Å². The van der Waals surface area contributed by atoms with Crippen LogP contribution >= 0.6 is 0 Å². The van der Waals surface area contributed by atoms with Crippen LogP contribution in [-0.2, 0) is 9.53 Å². The van der Waals surface area contributed by atoms with Crippen molar-refractivity contribution in [1.82, 2.24) is 15.1 Å². The van der Waals surface area contributed by atoms with Gasteiger partial charge in [0.25, 0.3) is 0 Å². The zero-order chi connectivity index (χ0) is 19.7. The lowest BCUT2D eigenvalue weighted by Gasteiger charge is -2.39. The normalized spacial score (nSPS) is 38.6. The van der Waals surface area contributed by atoms with E-state index in [0.29, 0.717) is 24.8 Å². The number of nitrogens with zero attached hydrogens (tertiary/aromatic N) is 2. The molecular weight excluding hydrogens is 350 g/mol. The highest BCUT2D eigenvalue weighted by Gasteiger charge is 2.42. The predicted molar refractivity (Wildman–Crippen MR) is 112 cm³/mol. The van der Waals surface area contributed by atoms with E-state index in [0.717, 1.165) is 49.9 Å². The molecule has 4 rings (SSSR count). The van der Waals surface area contributed by atoms with Gasteiger partial charge in [0.2, 0.25) is 5.91 Å². The molecular formula is C23H41N3O2. The topological polar surface area (TPSA) is 44.8 Å². The molecule has 0 unspecified atom stereocenters. The van der Waals surface area contributed by atoms with Crippen LogP contribution < -0.4 is 5.32 Å². The third-order valence-corrected chi connectivity index (χ3v) is 7.91. The van der Waals surface area contributed by atoms with Gasteiger partial charge >= 0.3 is 0 Å². The molecule has 2 aliphatic carbocycles. The van der Waals surface area contributed by atoms with Gasteiger partial charge in [0, 0.05) is 25.7 Å². The smallest absolute Gasteiger partial charge is 0.234 e. The van der Waals surface area contributed by atoms with Gasteiger partial charge in [-0.05, 0) is 89.6 Å². The standard InChI is InChI=1S/C23H41N3O2/c1-16-12-26(13-17(2)28-16)14-19-6-8-25(9-7-19)15-23(27)24-18(3)22-11-20-4-5-21(22)10-20/h16-22H,4-15H2,1-3H3,(H,24,27)/t16-,17+,18-,20+,21+,22+/m1/s1. The zero-order valence-corrected chi connectivity index (χ0v) is 18.2. The molecule has 0 aromatic carbocycles. The highest BCUT2D eigenvalue weighted by molar-refractivity contribution is 5.78. The van der Waals surface area contributed by atoms with Crippen molar-refractivity contribution in [2.75, 3.05) is 39.3 Å². The number of likely N-dealkylation sites (tertiary alicyclic amines) is 1. The van der Waals surface area contributed by atoms with Crippen molar-refractivity contribution in [1.29, 1.82) is 0 Å². The minimum Gasteiger partial charge on any atom is -0.373 e. The number of fused-ring (bicyclic) bond motifs is 2. The van der Waals surface area contributed by atoms with Crippen LogP contribution in [0, 0.1) is 23.7 Å². The fraction of sp³-hybridized carbons (Fsp3) is 0.957. The Kier molecular flexibility index (Phi) is 6.63. The van der Waals surface area contributed by atoms with Crippen molar-refractivity contribution in [3.05, 3.63) is 0 Å². The number of carbonyl (C=O) groups excluding carboxylic acids is 1. The zero-order valence-electron chi connectivity index (χ0n) is 18.2. The fourth-order valence-corrected chi connectivity index (χ4v) is 6.64. The lowest BCUT2D eigenvalue weighted by atomic mass is 9.84. The Bertz CT molecular complexity index is 524. The summed E-state index contributed by atoms with van der Waals surface area (Å²) in [5.74, 6) is 3.56. The van der Waals surface area contributed by atoms with Crippen molar-refractivity contribution in [3.63, 3.8) is 0 Å². The second kappa shape index (κ2) is 9.01. The summed E-state index contributed by atoms with van der Waals surface area (Å²) in [4.78, 5) is 17.5. The van der Waals surface area contributed by atoms with Crippen LogP contribution in [0.2, 0.25) is 0 Å². The summed E-state index contributed by atoms with van der Waals surface area (Å²) in [5.41, 5.74) is 0. The quantitative estimate of drug-likeness (QED) is 0.756. The monoisotopic (exact) mass is 391 g/mol. The van der Waals surface area contributed by atoms with Gasteiger partial charge in [-0.1, -0.05) is 6.42 Å². The Morgan fingerprint density at radius 3 is 2.36 bits per heavy atom. The molecule has 4 fully saturated rings. The molecule has 160 valence electrons. The molecule has 0 radical (unpaired) electrons. The average molecular weight is 392 g/mol. The predicted octanol–water partition coefficient (Wildman–Crippen LogP) is 2.75. The lowest BCUT2D eigenvalue weighted by molar-refractivity contribution is -0.123. The third kappa shape index (κ3) is 5.09. The first-order valence-electron chi connectivity index (χ1n) is 11.9. The number of rotatable bonds is 6. The summed E-state index contributed by atoms with van der Waals surface area (Å²) < 4.78 is 5.86. The van der Waals surface area contributed by atoms with E-state index in [-0.39, 0.29) is 5.91 Å². The van der Waals surface area contributed by atoms with Crippen LogP contribution in [0.3, 0.4) is 0 Å². The molecule has 2 saturated carbocycles. The first kappa shape index (κ1) is 20.6. The van der Waals surface area contributed by atoms with Crippen LogP contribution in [0.4, 0.5) is 0 Å². The van der Waals surface area contributed by atoms with Gasteiger partial charge in [-0.15, -0.1) is 0 Å². The van der Waals surface area contributed by atoms with Gasteiger partial charge in [-0.2, -0.15) is 0 Å². The van der Waals surface area contributed by atoms with Crippen molar-refractivity contribution < 1.29 is 9.53 Å². The Morgan fingerprint density at radius 1 is 1.04 bits per heavy atom. The van der Waals surface area contributed by atoms with Gasteiger partial charge in [0.15, 0.2) is 0 Å². The van der Waals surface area contributed by atoms with E-state index in [9.17, 15) is 4.79 Å². The molecule has 4 aliphatic rings. The second-order valence-electron chi connectivity index (χ2n) is 10.4. The van der Waals surface area contributed by atoms with Crippen molar-refractivity contribution in [3.8, 4) is 0 Å². The van der Waals surface area contributed by atoms with E-state index < -0.39 is 0 Å². The molecule has 2 saturated heterocycles. The van der Waals surface area contributed by atoms with Crippen LogP contribution in [0.15, 0.2) is 0 Å². The summed E-state index contributed by atoms with van der Waals surface area (Å²) in [6, 6.07) is 0.352. The van der Waals surface area contributed by atoms with E-state index in [4.69, 9.17) is 4.74 Å². The average Bonchev–Trinajstić information content (AvgIpc) is 3.26. The number of morpholine rings is 1.